The Bertz CT molecular complexity index is 1000. The van der Waals surface area contributed by atoms with Gasteiger partial charge in [0.15, 0.2) is 23.0 Å². The fourth-order valence-corrected chi connectivity index (χ4v) is 5.05. The van der Waals surface area contributed by atoms with E-state index in [0.29, 0.717) is 28.9 Å². The van der Waals surface area contributed by atoms with Gasteiger partial charge in [-0.3, -0.25) is 4.79 Å². The van der Waals surface area contributed by atoms with Gasteiger partial charge >= 0.3 is 0 Å². The highest BCUT2D eigenvalue weighted by Gasteiger charge is 2.42. The molecule has 1 aliphatic heterocycles. The number of rotatable bonds is 9. The molecule has 2 fully saturated rings. The second kappa shape index (κ2) is 9.94. The first-order chi connectivity index (χ1) is 16.3. The zero-order chi connectivity index (χ0) is 24.5. The minimum Gasteiger partial charge on any atom is -0.487 e. The highest BCUT2D eigenvalue weighted by Crippen LogP contribution is 2.40. The molecule has 34 heavy (non-hydrogen) atoms. The molecule has 1 amide bonds. The van der Waals surface area contributed by atoms with Gasteiger partial charge < -0.3 is 24.1 Å². The Morgan fingerprint density at radius 3 is 2.62 bits per heavy atom. The fraction of sp³-hybridized carbons (Fsp3) is 0.615. The Morgan fingerprint density at radius 2 is 2.03 bits per heavy atom. The van der Waals surface area contributed by atoms with Crippen molar-refractivity contribution in [2.45, 2.75) is 72.5 Å². The van der Waals surface area contributed by atoms with Crippen molar-refractivity contribution < 1.29 is 23.1 Å². The summed E-state index contributed by atoms with van der Waals surface area (Å²) in [5.41, 5.74) is 1.41. The Balaban J connectivity index is 1.48. The van der Waals surface area contributed by atoms with E-state index in [0.717, 1.165) is 45.2 Å². The number of aromatic nitrogens is 1. The summed E-state index contributed by atoms with van der Waals surface area (Å²) >= 11 is 0. The minimum absolute atomic E-state index is 0.0365. The number of amides is 1. The van der Waals surface area contributed by atoms with E-state index in [2.05, 4.69) is 31.1 Å². The van der Waals surface area contributed by atoms with Gasteiger partial charge in [-0.1, -0.05) is 20.8 Å². The lowest BCUT2D eigenvalue weighted by Crippen LogP contribution is -2.56. The molecule has 4 rings (SSSR count). The van der Waals surface area contributed by atoms with Gasteiger partial charge in [-0.2, -0.15) is 4.98 Å². The Kier molecular flexibility index (Phi) is 7.17. The molecule has 2 atom stereocenters. The van der Waals surface area contributed by atoms with E-state index in [1.165, 1.54) is 13.2 Å². The maximum absolute atomic E-state index is 14.9. The first-order valence-electron chi connectivity index (χ1n) is 12.3. The summed E-state index contributed by atoms with van der Waals surface area (Å²) in [7, 11) is 1.54. The fourth-order valence-electron chi connectivity index (χ4n) is 5.05. The van der Waals surface area contributed by atoms with Crippen LogP contribution in [0.4, 0.5) is 16.1 Å². The molecule has 8 heteroatoms. The van der Waals surface area contributed by atoms with Crippen LogP contribution < -0.4 is 15.0 Å². The van der Waals surface area contributed by atoms with Crippen LogP contribution in [0.15, 0.2) is 16.5 Å². The van der Waals surface area contributed by atoms with E-state index in [1.54, 1.807) is 13.0 Å². The highest BCUT2D eigenvalue weighted by molar-refractivity contribution is 6.03. The van der Waals surface area contributed by atoms with Crippen LogP contribution in [-0.4, -0.2) is 37.2 Å². The van der Waals surface area contributed by atoms with Crippen molar-refractivity contribution in [3.63, 3.8) is 0 Å². The van der Waals surface area contributed by atoms with Crippen molar-refractivity contribution in [1.82, 2.24) is 4.98 Å². The van der Waals surface area contributed by atoms with Crippen molar-refractivity contribution in [2.24, 2.45) is 11.3 Å². The Labute approximate surface area is 201 Å². The number of hydrogen-bond donors (Lipinski definition) is 1. The van der Waals surface area contributed by atoms with E-state index < -0.39 is 11.7 Å². The average molecular weight is 474 g/mol. The number of ether oxygens (including phenoxy) is 2. The second-order valence-electron chi connectivity index (χ2n) is 9.98. The summed E-state index contributed by atoms with van der Waals surface area (Å²) in [5, 5.41) is 2.76. The number of nitrogens with zero attached hydrogens (tertiary/aromatic N) is 2. The van der Waals surface area contributed by atoms with Crippen LogP contribution in [0.25, 0.3) is 0 Å². The number of oxazole rings is 1. The molecule has 186 valence electrons. The first-order valence-corrected chi connectivity index (χ1v) is 12.3. The molecule has 1 N–H and O–H groups in total. The smallest absolute Gasteiger partial charge is 0.298 e. The predicted molar refractivity (Wildman–Crippen MR) is 129 cm³/mol. The normalized spacial score (nSPS) is 21.4. The van der Waals surface area contributed by atoms with Crippen LogP contribution in [0.2, 0.25) is 0 Å². The first kappa shape index (κ1) is 24.5. The van der Waals surface area contributed by atoms with Crippen molar-refractivity contribution in [1.29, 1.82) is 0 Å². The van der Waals surface area contributed by atoms with Gasteiger partial charge in [0, 0.05) is 37.4 Å². The molecule has 0 spiro atoms. The van der Waals surface area contributed by atoms with Gasteiger partial charge in [0.1, 0.15) is 6.61 Å². The standard InChI is InChI=1S/C26H36FN3O4/c1-6-26(7-2)14-30(15-26)25-29-22(21(34-25)13-32-5)24(31)28-18-11-17(4)23(20(27)12-18)33-19-9-8-16(3)10-19/h11-12,16,19H,6-10,13-15H2,1-5H3,(H,28,31). The number of benzene rings is 1. The topological polar surface area (TPSA) is 76.8 Å². The molecule has 1 aromatic carbocycles. The van der Waals surface area contributed by atoms with Gasteiger partial charge in [-0.05, 0) is 56.6 Å². The quantitative estimate of drug-likeness (QED) is 0.502. The van der Waals surface area contributed by atoms with Gasteiger partial charge in [-0.25, -0.2) is 4.39 Å². The number of carbonyl (C=O) groups is 1. The zero-order valence-electron chi connectivity index (χ0n) is 20.9. The van der Waals surface area contributed by atoms with Crippen molar-refractivity contribution >= 4 is 17.6 Å². The van der Waals surface area contributed by atoms with E-state index in [9.17, 15) is 9.18 Å². The number of anilines is 2. The van der Waals surface area contributed by atoms with Gasteiger partial charge in [0.05, 0.1) is 6.10 Å². The van der Waals surface area contributed by atoms with E-state index in [4.69, 9.17) is 13.9 Å². The second-order valence-corrected chi connectivity index (χ2v) is 9.98. The molecule has 1 saturated heterocycles. The third kappa shape index (κ3) is 4.92. The molecule has 0 bridgehead atoms. The molecular formula is C26H36FN3O4. The average Bonchev–Trinajstić information content (AvgIpc) is 3.37. The van der Waals surface area contributed by atoms with Gasteiger partial charge in [-0.15, -0.1) is 0 Å². The number of aryl methyl sites for hydroxylation is 1. The third-order valence-corrected chi connectivity index (χ3v) is 7.42. The van der Waals surface area contributed by atoms with Crippen molar-refractivity contribution in [2.75, 3.05) is 30.4 Å². The lowest BCUT2D eigenvalue weighted by Gasteiger charge is -2.48. The molecule has 2 unspecified atom stereocenters. The Hall–Kier alpha value is -2.61. The third-order valence-electron chi connectivity index (χ3n) is 7.42. The van der Waals surface area contributed by atoms with E-state index in [-0.39, 0.29) is 29.6 Å². The molecule has 1 aromatic heterocycles. The molecular weight excluding hydrogens is 437 g/mol. The van der Waals surface area contributed by atoms with Crippen LogP contribution >= 0.6 is 0 Å². The molecule has 7 nitrogen and oxygen atoms in total. The summed E-state index contributed by atoms with van der Waals surface area (Å²) < 4.78 is 31.9. The van der Waals surface area contributed by atoms with Crippen LogP contribution in [-0.2, 0) is 11.3 Å². The summed E-state index contributed by atoms with van der Waals surface area (Å²) in [6.45, 7) is 10.2. The van der Waals surface area contributed by atoms with Crippen molar-refractivity contribution in [3.05, 3.63) is 35.0 Å². The number of carbonyl (C=O) groups excluding carboxylic acids is 1. The monoisotopic (exact) mass is 473 g/mol. The summed E-state index contributed by atoms with van der Waals surface area (Å²) in [4.78, 5) is 19.6. The van der Waals surface area contributed by atoms with Crippen LogP contribution in [0.3, 0.4) is 0 Å². The highest BCUT2D eigenvalue weighted by atomic mass is 19.1. The van der Waals surface area contributed by atoms with Crippen LogP contribution in [0, 0.1) is 24.1 Å². The zero-order valence-corrected chi connectivity index (χ0v) is 20.9. The number of methoxy groups -OCH3 is 1. The number of hydrogen-bond acceptors (Lipinski definition) is 6. The van der Waals surface area contributed by atoms with Crippen LogP contribution in [0.5, 0.6) is 5.75 Å². The lowest BCUT2D eigenvalue weighted by molar-refractivity contribution is 0.101. The molecule has 1 aliphatic carbocycles. The van der Waals surface area contributed by atoms with Gasteiger partial charge in [0.2, 0.25) is 0 Å². The summed E-state index contributed by atoms with van der Waals surface area (Å²) in [6.07, 6.45) is 5.17. The molecule has 2 heterocycles. The lowest BCUT2D eigenvalue weighted by atomic mass is 9.75. The molecule has 2 aliphatic rings. The van der Waals surface area contributed by atoms with Crippen molar-refractivity contribution in [3.8, 4) is 5.75 Å². The number of halogens is 1. The van der Waals surface area contributed by atoms with E-state index in [1.807, 2.05) is 4.90 Å². The largest absolute Gasteiger partial charge is 0.487 e. The number of nitrogens with one attached hydrogen (secondary N) is 1. The van der Waals surface area contributed by atoms with Crippen LogP contribution in [0.1, 0.15) is 74.7 Å². The predicted octanol–water partition coefficient (Wildman–Crippen LogP) is 5.71. The summed E-state index contributed by atoms with van der Waals surface area (Å²) in [6, 6.07) is 3.44. The van der Waals surface area contributed by atoms with Gasteiger partial charge in [0.25, 0.3) is 11.9 Å². The summed E-state index contributed by atoms with van der Waals surface area (Å²) in [5.74, 6) is 0.264. The van der Waals surface area contributed by atoms with E-state index >= 15 is 0 Å². The Morgan fingerprint density at radius 1 is 1.29 bits per heavy atom. The molecule has 2 aromatic rings. The molecule has 0 radical (unpaired) electrons. The SMILES string of the molecule is CCC1(CC)CN(c2nc(C(=O)Nc3cc(C)c(OC4CCC(C)C4)c(F)c3)c(COC)o2)C1. The molecule has 1 saturated carbocycles. The maximum Gasteiger partial charge on any atom is 0.298 e. The minimum atomic E-state index is -0.483. The maximum atomic E-state index is 14.9.